The lowest BCUT2D eigenvalue weighted by Crippen LogP contribution is -2.04. The third-order valence-electron chi connectivity index (χ3n) is 2.98. The Labute approximate surface area is 127 Å². The fourth-order valence-corrected chi connectivity index (χ4v) is 1.85. The van der Waals surface area contributed by atoms with Crippen molar-refractivity contribution in [3.63, 3.8) is 0 Å². The van der Waals surface area contributed by atoms with Gasteiger partial charge in [0.2, 0.25) is 0 Å². The minimum absolute atomic E-state index is 0.263. The van der Waals surface area contributed by atoms with Crippen LogP contribution in [0.3, 0.4) is 0 Å². The van der Waals surface area contributed by atoms with Gasteiger partial charge >= 0.3 is 5.97 Å². The molecule has 0 aromatic heterocycles. The van der Waals surface area contributed by atoms with Crippen LogP contribution < -0.4 is 0 Å². The Morgan fingerprint density at radius 1 is 1.05 bits per heavy atom. The molecule has 0 heterocycles. The zero-order valence-electron chi connectivity index (χ0n) is 11.8. The van der Waals surface area contributed by atoms with Crippen LogP contribution >= 0.6 is 0 Å². The highest BCUT2D eigenvalue weighted by Crippen LogP contribution is 2.35. The van der Waals surface area contributed by atoms with Gasteiger partial charge in [0.25, 0.3) is 0 Å². The molecule has 0 bridgehead atoms. The van der Waals surface area contributed by atoms with Gasteiger partial charge in [-0.1, -0.05) is 30.3 Å². The van der Waals surface area contributed by atoms with Crippen molar-refractivity contribution in [2.45, 2.75) is 6.42 Å². The van der Waals surface area contributed by atoms with Gasteiger partial charge in [0.15, 0.2) is 17.2 Å². The molecule has 5 heteroatoms. The average Bonchev–Trinajstić information content (AvgIpc) is 2.51. The number of carbonyl (C=O) groups excluding carboxylic acids is 1. The summed E-state index contributed by atoms with van der Waals surface area (Å²) in [5, 5.41) is 27.9. The summed E-state index contributed by atoms with van der Waals surface area (Å²) >= 11 is 0. The molecular weight excluding hydrogens is 284 g/mol. The molecular formula is C17H16O5. The first-order valence-electron chi connectivity index (χ1n) is 6.70. The summed E-state index contributed by atoms with van der Waals surface area (Å²) < 4.78 is 5.05. The van der Waals surface area contributed by atoms with E-state index < -0.39 is 23.2 Å². The second kappa shape index (κ2) is 7.17. The van der Waals surface area contributed by atoms with Gasteiger partial charge < -0.3 is 20.1 Å². The summed E-state index contributed by atoms with van der Waals surface area (Å²) in [6, 6.07) is 12.1. The van der Waals surface area contributed by atoms with Crippen molar-refractivity contribution < 1.29 is 24.9 Å². The number of rotatable bonds is 5. The molecule has 0 radical (unpaired) electrons. The largest absolute Gasteiger partial charge is 0.504 e. The normalized spacial score (nSPS) is 10.7. The van der Waals surface area contributed by atoms with E-state index in [0.717, 1.165) is 5.56 Å². The maximum atomic E-state index is 11.6. The zero-order valence-corrected chi connectivity index (χ0v) is 11.8. The van der Waals surface area contributed by atoms with Crippen LogP contribution in [0.1, 0.15) is 11.1 Å². The van der Waals surface area contributed by atoms with Gasteiger partial charge in [-0.2, -0.15) is 0 Å². The number of esters is 1. The lowest BCUT2D eigenvalue weighted by molar-refractivity contribution is -0.137. The quantitative estimate of drug-likeness (QED) is 0.449. The summed E-state index contributed by atoms with van der Waals surface area (Å²) in [4.78, 5) is 11.6. The number of hydrogen-bond donors (Lipinski definition) is 3. The van der Waals surface area contributed by atoms with E-state index in [4.69, 9.17) is 4.74 Å². The van der Waals surface area contributed by atoms with Crippen molar-refractivity contribution in [1.29, 1.82) is 0 Å². The number of hydrogen-bond acceptors (Lipinski definition) is 5. The van der Waals surface area contributed by atoms with Gasteiger partial charge in [0.1, 0.15) is 0 Å². The molecule has 0 atom stereocenters. The Hall–Kier alpha value is -2.95. The van der Waals surface area contributed by atoms with Crippen molar-refractivity contribution in [3.05, 3.63) is 59.7 Å². The lowest BCUT2D eigenvalue weighted by atomic mass is 10.1. The highest BCUT2D eigenvalue weighted by Gasteiger charge is 2.06. The van der Waals surface area contributed by atoms with Crippen molar-refractivity contribution in [1.82, 2.24) is 0 Å². The SMILES string of the molecule is O=C(/C=C/c1cc(O)c(O)c(O)c1)OCCc1ccccc1. The maximum Gasteiger partial charge on any atom is 0.330 e. The van der Waals surface area contributed by atoms with Crippen LogP contribution in [-0.2, 0) is 16.0 Å². The van der Waals surface area contributed by atoms with E-state index in [0.29, 0.717) is 12.0 Å². The Balaban J connectivity index is 1.86. The maximum absolute atomic E-state index is 11.6. The molecule has 2 aromatic rings. The lowest BCUT2D eigenvalue weighted by Gasteiger charge is -2.03. The minimum atomic E-state index is -0.595. The molecule has 5 nitrogen and oxygen atoms in total. The van der Waals surface area contributed by atoms with E-state index in [2.05, 4.69) is 0 Å². The number of phenolic OH excluding ortho intramolecular Hbond substituents is 3. The van der Waals surface area contributed by atoms with Gasteiger partial charge in [-0.25, -0.2) is 4.79 Å². The Bertz CT molecular complexity index is 654. The van der Waals surface area contributed by atoms with Gasteiger partial charge in [0.05, 0.1) is 6.61 Å². The van der Waals surface area contributed by atoms with Crippen LogP contribution in [0.15, 0.2) is 48.5 Å². The minimum Gasteiger partial charge on any atom is -0.504 e. The molecule has 0 aliphatic carbocycles. The predicted molar refractivity (Wildman–Crippen MR) is 81.6 cm³/mol. The summed E-state index contributed by atoms with van der Waals surface area (Å²) in [5.41, 5.74) is 1.44. The zero-order chi connectivity index (χ0) is 15.9. The van der Waals surface area contributed by atoms with Crippen molar-refractivity contribution >= 4 is 12.0 Å². The van der Waals surface area contributed by atoms with Crippen LogP contribution in [0.25, 0.3) is 6.08 Å². The second-order valence-corrected chi connectivity index (χ2v) is 4.64. The van der Waals surface area contributed by atoms with Gasteiger partial charge in [0, 0.05) is 12.5 Å². The smallest absolute Gasteiger partial charge is 0.330 e. The molecule has 0 unspecified atom stereocenters. The van der Waals surface area contributed by atoms with E-state index in [1.54, 1.807) is 0 Å². The molecule has 0 aliphatic rings. The fourth-order valence-electron chi connectivity index (χ4n) is 1.85. The molecule has 2 aromatic carbocycles. The van der Waals surface area contributed by atoms with E-state index >= 15 is 0 Å². The molecule has 3 N–H and O–H groups in total. The first-order chi connectivity index (χ1) is 10.6. The molecule has 2 rings (SSSR count). The summed E-state index contributed by atoms with van der Waals surface area (Å²) in [6.45, 7) is 0.263. The first kappa shape index (κ1) is 15.4. The predicted octanol–water partition coefficient (Wildman–Crippen LogP) is 2.60. The summed E-state index contributed by atoms with van der Waals surface area (Å²) in [7, 11) is 0. The molecule has 0 spiro atoms. The first-order valence-corrected chi connectivity index (χ1v) is 6.70. The van der Waals surface area contributed by atoms with Gasteiger partial charge in [-0.15, -0.1) is 0 Å². The average molecular weight is 300 g/mol. The molecule has 114 valence electrons. The molecule has 0 amide bonds. The number of benzene rings is 2. The highest BCUT2D eigenvalue weighted by molar-refractivity contribution is 5.87. The molecule has 0 aliphatic heterocycles. The second-order valence-electron chi connectivity index (χ2n) is 4.64. The van der Waals surface area contributed by atoms with E-state index in [9.17, 15) is 20.1 Å². The third kappa shape index (κ3) is 4.28. The number of phenols is 3. The van der Waals surface area contributed by atoms with E-state index in [1.165, 1.54) is 24.3 Å². The summed E-state index contributed by atoms with van der Waals surface area (Å²) in [6.07, 6.45) is 3.20. The Morgan fingerprint density at radius 2 is 1.68 bits per heavy atom. The van der Waals surface area contributed by atoms with Gasteiger partial charge in [-0.3, -0.25) is 0 Å². The standard InChI is InChI=1S/C17H16O5/c18-14-10-13(11-15(19)17(14)21)6-7-16(20)22-9-8-12-4-2-1-3-5-12/h1-7,10-11,18-19,21H,8-9H2/b7-6+. The summed E-state index contributed by atoms with van der Waals surface area (Å²) in [5.74, 6) is -2.04. The number of aromatic hydroxyl groups is 3. The van der Waals surface area contributed by atoms with Crippen molar-refractivity contribution in [2.24, 2.45) is 0 Å². The van der Waals surface area contributed by atoms with Crippen LogP contribution in [0, 0.1) is 0 Å². The third-order valence-corrected chi connectivity index (χ3v) is 2.98. The fraction of sp³-hybridized carbons (Fsp3) is 0.118. The van der Waals surface area contributed by atoms with Crippen molar-refractivity contribution in [2.75, 3.05) is 6.61 Å². The van der Waals surface area contributed by atoms with Crippen LogP contribution in [0.4, 0.5) is 0 Å². The van der Waals surface area contributed by atoms with Gasteiger partial charge in [-0.05, 0) is 29.3 Å². The molecule has 0 saturated heterocycles. The number of ether oxygens (including phenoxy) is 1. The molecule has 22 heavy (non-hydrogen) atoms. The Morgan fingerprint density at radius 3 is 2.32 bits per heavy atom. The van der Waals surface area contributed by atoms with Crippen molar-refractivity contribution in [3.8, 4) is 17.2 Å². The van der Waals surface area contributed by atoms with E-state index in [1.807, 2.05) is 30.3 Å². The highest BCUT2D eigenvalue weighted by atomic mass is 16.5. The Kier molecular flexibility index (Phi) is 5.03. The topological polar surface area (TPSA) is 87.0 Å². The number of carbonyl (C=O) groups is 1. The van der Waals surface area contributed by atoms with Crippen LogP contribution in [0.5, 0.6) is 17.2 Å². The van der Waals surface area contributed by atoms with E-state index in [-0.39, 0.29) is 6.61 Å². The van der Waals surface area contributed by atoms with Crippen LogP contribution in [-0.4, -0.2) is 27.9 Å². The molecule has 0 saturated carbocycles. The monoisotopic (exact) mass is 300 g/mol. The van der Waals surface area contributed by atoms with Crippen LogP contribution in [0.2, 0.25) is 0 Å². The molecule has 0 fully saturated rings.